The Morgan fingerprint density at radius 2 is 2.13 bits per heavy atom. The molecular formula is C11H17NO3. The van der Waals surface area contributed by atoms with E-state index >= 15 is 0 Å². The second-order valence-electron chi connectivity index (χ2n) is 2.55. The van der Waals surface area contributed by atoms with Crippen molar-refractivity contribution in [1.82, 2.24) is 5.32 Å². The molecule has 15 heavy (non-hydrogen) atoms. The third-order valence-electron chi connectivity index (χ3n) is 1.35. The third kappa shape index (κ3) is 10.4. The van der Waals surface area contributed by atoms with Crippen molar-refractivity contribution >= 4 is 5.91 Å². The summed E-state index contributed by atoms with van der Waals surface area (Å²) >= 11 is 0. The van der Waals surface area contributed by atoms with Gasteiger partial charge in [-0.2, -0.15) is 0 Å². The highest BCUT2D eigenvalue weighted by Gasteiger charge is 1.85. The first-order valence-corrected chi connectivity index (χ1v) is 4.64. The van der Waals surface area contributed by atoms with E-state index in [1.165, 1.54) is 12.3 Å². The van der Waals surface area contributed by atoms with Gasteiger partial charge in [-0.1, -0.05) is 6.08 Å². The quantitative estimate of drug-likeness (QED) is 0.282. The molecule has 84 valence electrons. The van der Waals surface area contributed by atoms with Gasteiger partial charge in [-0.25, -0.2) is 0 Å². The van der Waals surface area contributed by atoms with Crippen molar-refractivity contribution in [3.63, 3.8) is 0 Å². The number of nitrogens with one attached hydrogen (secondary N) is 1. The Bertz CT molecular complexity index is 234. The fourth-order valence-corrected chi connectivity index (χ4v) is 0.676. The molecule has 0 aromatic carbocycles. The van der Waals surface area contributed by atoms with E-state index in [1.807, 2.05) is 0 Å². The molecule has 0 aliphatic carbocycles. The topological polar surface area (TPSA) is 47.6 Å². The molecule has 0 aliphatic rings. The van der Waals surface area contributed by atoms with Gasteiger partial charge >= 0.3 is 0 Å². The van der Waals surface area contributed by atoms with Crippen molar-refractivity contribution in [1.29, 1.82) is 0 Å². The molecule has 0 spiro atoms. The highest BCUT2D eigenvalue weighted by atomic mass is 16.5. The van der Waals surface area contributed by atoms with Crippen molar-refractivity contribution in [2.75, 3.05) is 26.9 Å². The zero-order valence-corrected chi connectivity index (χ0v) is 8.94. The van der Waals surface area contributed by atoms with Crippen LogP contribution in [-0.4, -0.2) is 32.8 Å². The molecule has 0 unspecified atom stereocenters. The molecule has 0 aromatic rings. The number of rotatable bonds is 8. The minimum absolute atomic E-state index is 0.142. The fourth-order valence-electron chi connectivity index (χ4n) is 0.676. The first kappa shape index (κ1) is 13.4. The predicted octanol–water partition coefficient (Wildman–Crippen LogP) is 1.02. The highest BCUT2D eigenvalue weighted by molar-refractivity contribution is 5.87. The van der Waals surface area contributed by atoms with E-state index in [4.69, 9.17) is 9.47 Å². The van der Waals surface area contributed by atoms with Crippen LogP contribution in [0.15, 0.2) is 37.1 Å². The lowest BCUT2D eigenvalue weighted by Crippen LogP contribution is -2.14. The van der Waals surface area contributed by atoms with Crippen LogP contribution in [0.3, 0.4) is 0 Å². The summed E-state index contributed by atoms with van der Waals surface area (Å²) < 4.78 is 10.1. The van der Waals surface area contributed by atoms with E-state index in [9.17, 15) is 4.79 Å². The van der Waals surface area contributed by atoms with Crippen LogP contribution in [0, 0.1) is 0 Å². The number of carbonyl (C=O) groups excluding carboxylic acids is 1. The van der Waals surface area contributed by atoms with E-state index in [1.54, 1.807) is 25.3 Å². The van der Waals surface area contributed by atoms with Gasteiger partial charge in [0.25, 0.3) is 0 Å². The number of ether oxygens (including phenoxy) is 2. The first-order valence-electron chi connectivity index (χ1n) is 4.64. The average Bonchev–Trinajstić information content (AvgIpc) is 2.26. The zero-order valence-electron chi connectivity index (χ0n) is 8.94. The van der Waals surface area contributed by atoms with Gasteiger partial charge < -0.3 is 14.8 Å². The molecule has 1 N–H and O–H groups in total. The van der Waals surface area contributed by atoms with Crippen LogP contribution in [0.25, 0.3) is 0 Å². The number of carbonyl (C=O) groups is 1. The van der Waals surface area contributed by atoms with Gasteiger partial charge in [0.05, 0.1) is 19.5 Å². The van der Waals surface area contributed by atoms with Crippen molar-refractivity contribution in [3.05, 3.63) is 37.1 Å². The van der Waals surface area contributed by atoms with Crippen molar-refractivity contribution < 1.29 is 14.3 Å². The van der Waals surface area contributed by atoms with E-state index in [-0.39, 0.29) is 5.91 Å². The Morgan fingerprint density at radius 1 is 1.33 bits per heavy atom. The molecule has 0 atom stereocenters. The molecule has 4 nitrogen and oxygen atoms in total. The SMILES string of the molecule is C=CCOC/C=C/OC/C=C/C(=O)NC. The van der Waals surface area contributed by atoms with Crippen molar-refractivity contribution in [3.8, 4) is 0 Å². The molecule has 0 heterocycles. The van der Waals surface area contributed by atoms with Gasteiger partial charge in [0.1, 0.15) is 6.61 Å². The van der Waals surface area contributed by atoms with Gasteiger partial charge in [-0.05, 0) is 12.2 Å². The van der Waals surface area contributed by atoms with Crippen LogP contribution in [0.4, 0.5) is 0 Å². The largest absolute Gasteiger partial charge is 0.497 e. The summed E-state index contributed by atoms with van der Waals surface area (Å²) in [6, 6.07) is 0. The van der Waals surface area contributed by atoms with Crippen molar-refractivity contribution in [2.24, 2.45) is 0 Å². The summed E-state index contributed by atoms with van der Waals surface area (Å²) in [5, 5.41) is 2.46. The third-order valence-corrected chi connectivity index (χ3v) is 1.35. The number of hydrogen-bond acceptors (Lipinski definition) is 3. The Labute approximate surface area is 90.3 Å². The van der Waals surface area contributed by atoms with Crippen LogP contribution in [0.5, 0.6) is 0 Å². The molecule has 0 radical (unpaired) electrons. The molecule has 0 saturated heterocycles. The summed E-state index contributed by atoms with van der Waals surface area (Å²) in [6.07, 6.45) is 8.02. The molecule has 0 fully saturated rings. The Morgan fingerprint density at radius 3 is 2.80 bits per heavy atom. The maximum atomic E-state index is 10.7. The molecule has 0 aliphatic heterocycles. The van der Waals surface area contributed by atoms with Gasteiger partial charge in [0.15, 0.2) is 0 Å². The monoisotopic (exact) mass is 211 g/mol. The van der Waals surface area contributed by atoms with Gasteiger partial charge in [-0.15, -0.1) is 6.58 Å². The smallest absolute Gasteiger partial charge is 0.243 e. The van der Waals surface area contributed by atoms with Gasteiger partial charge in [0.2, 0.25) is 5.91 Å². The zero-order chi connectivity index (χ0) is 11.4. The number of amides is 1. The molecule has 0 bridgehead atoms. The Balaban J connectivity index is 3.33. The predicted molar refractivity (Wildman–Crippen MR) is 59.3 cm³/mol. The van der Waals surface area contributed by atoms with E-state index in [0.29, 0.717) is 19.8 Å². The normalized spacial score (nSPS) is 10.7. The molecule has 0 aromatic heterocycles. The van der Waals surface area contributed by atoms with Gasteiger partial charge in [-0.3, -0.25) is 4.79 Å². The molecular weight excluding hydrogens is 194 g/mol. The minimum Gasteiger partial charge on any atom is -0.497 e. The lowest BCUT2D eigenvalue weighted by Gasteiger charge is -1.96. The molecule has 0 rings (SSSR count). The minimum atomic E-state index is -0.142. The van der Waals surface area contributed by atoms with E-state index in [0.717, 1.165) is 0 Å². The van der Waals surface area contributed by atoms with Crippen LogP contribution < -0.4 is 5.32 Å². The molecule has 0 saturated carbocycles. The summed E-state index contributed by atoms with van der Waals surface area (Å²) in [7, 11) is 1.57. The number of hydrogen-bond donors (Lipinski definition) is 1. The highest BCUT2D eigenvalue weighted by Crippen LogP contribution is 1.82. The summed E-state index contributed by atoms with van der Waals surface area (Å²) in [4.78, 5) is 10.7. The molecule has 1 amide bonds. The lowest BCUT2D eigenvalue weighted by molar-refractivity contribution is -0.116. The van der Waals surface area contributed by atoms with Crippen LogP contribution in [0.1, 0.15) is 0 Å². The maximum Gasteiger partial charge on any atom is 0.243 e. The van der Waals surface area contributed by atoms with Crippen molar-refractivity contribution in [2.45, 2.75) is 0 Å². The lowest BCUT2D eigenvalue weighted by atomic mass is 10.5. The Hall–Kier alpha value is -1.55. The summed E-state index contributed by atoms with van der Waals surface area (Å²) in [6.45, 7) is 4.90. The second kappa shape index (κ2) is 10.5. The Kier molecular flexibility index (Phi) is 9.44. The van der Waals surface area contributed by atoms with Crippen LogP contribution in [0.2, 0.25) is 0 Å². The maximum absolute atomic E-state index is 10.7. The fraction of sp³-hybridized carbons (Fsp3) is 0.364. The first-order chi connectivity index (χ1) is 7.31. The standard InChI is InChI=1S/C11H17NO3/c1-3-7-14-9-5-10-15-8-4-6-11(13)12-2/h3-6,10H,1,7-9H2,2H3,(H,12,13)/b6-4+,10-5+. The number of likely N-dealkylation sites (N-methyl/N-ethyl adjacent to an activating group) is 1. The van der Waals surface area contributed by atoms with E-state index < -0.39 is 0 Å². The van der Waals surface area contributed by atoms with E-state index in [2.05, 4.69) is 11.9 Å². The molecule has 4 heteroatoms. The summed E-state index contributed by atoms with van der Waals surface area (Å²) in [5.74, 6) is -0.142. The van der Waals surface area contributed by atoms with Crippen LogP contribution in [-0.2, 0) is 14.3 Å². The summed E-state index contributed by atoms with van der Waals surface area (Å²) in [5.41, 5.74) is 0. The second-order valence-corrected chi connectivity index (χ2v) is 2.55. The van der Waals surface area contributed by atoms with Crippen LogP contribution >= 0.6 is 0 Å². The van der Waals surface area contributed by atoms with Gasteiger partial charge in [0, 0.05) is 13.1 Å². The average molecular weight is 211 g/mol.